The van der Waals surface area contributed by atoms with Gasteiger partial charge in [-0.1, -0.05) is 12.1 Å². The molecule has 0 saturated heterocycles. The van der Waals surface area contributed by atoms with Crippen molar-refractivity contribution in [2.24, 2.45) is 0 Å². The molecule has 4 nitrogen and oxygen atoms in total. The molecule has 2 rings (SSSR count). The highest BCUT2D eigenvalue weighted by molar-refractivity contribution is 5.81. The second-order valence-electron chi connectivity index (χ2n) is 5.60. The van der Waals surface area contributed by atoms with Crippen molar-refractivity contribution in [2.75, 3.05) is 20.2 Å². The molecule has 1 aromatic rings. The fraction of sp³-hybridized carbons (Fsp3) is 0.562. The van der Waals surface area contributed by atoms with E-state index in [0.29, 0.717) is 12.6 Å². The van der Waals surface area contributed by atoms with Crippen LogP contribution in [0.2, 0.25) is 0 Å². The highest BCUT2D eigenvalue weighted by atomic mass is 16.5. The molecular formula is C16H24N2O2. The predicted octanol–water partition coefficient (Wildman–Crippen LogP) is 1.97. The number of rotatable bonds is 7. The van der Waals surface area contributed by atoms with Crippen molar-refractivity contribution in [3.05, 3.63) is 29.8 Å². The van der Waals surface area contributed by atoms with Crippen LogP contribution >= 0.6 is 0 Å². The van der Waals surface area contributed by atoms with Crippen molar-refractivity contribution in [2.45, 2.75) is 38.8 Å². The van der Waals surface area contributed by atoms with Crippen LogP contribution in [0.1, 0.15) is 25.3 Å². The summed E-state index contributed by atoms with van der Waals surface area (Å²) in [4.78, 5) is 13.9. The average Bonchev–Trinajstić information content (AvgIpc) is 3.21. The van der Waals surface area contributed by atoms with E-state index >= 15 is 0 Å². The van der Waals surface area contributed by atoms with Crippen LogP contribution in [0.15, 0.2) is 24.3 Å². The fourth-order valence-corrected chi connectivity index (χ4v) is 1.96. The number of carbonyl (C=O) groups is 1. The van der Waals surface area contributed by atoms with Gasteiger partial charge in [-0.3, -0.25) is 9.69 Å². The van der Waals surface area contributed by atoms with Gasteiger partial charge in [0.2, 0.25) is 5.91 Å². The first-order valence-corrected chi connectivity index (χ1v) is 7.26. The van der Waals surface area contributed by atoms with Crippen molar-refractivity contribution in [1.29, 1.82) is 0 Å². The quantitative estimate of drug-likeness (QED) is 0.828. The minimum atomic E-state index is -0.114. The van der Waals surface area contributed by atoms with Crippen LogP contribution in [0.5, 0.6) is 5.75 Å². The Balaban J connectivity index is 1.70. The second-order valence-corrected chi connectivity index (χ2v) is 5.60. The maximum absolute atomic E-state index is 11.9. The van der Waals surface area contributed by atoms with Gasteiger partial charge in [-0.05, 0) is 51.4 Å². The largest absolute Gasteiger partial charge is 0.492 e. The fourth-order valence-electron chi connectivity index (χ4n) is 1.96. The van der Waals surface area contributed by atoms with Gasteiger partial charge in [0.25, 0.3) is 0 Å². The lowest BCUT2D eigenvalue weighted by atomic mass is 10.2. The first-order valence-electron chi connectivity index (χ1n) is 7.26. The molecule has 4 heteroatoms. The van der Waals surface area contributed by atoms with E-state index in [1.807, 2.05) is 50.1 Å². The molecule has 0 bridgehead atoms. The van der Waals surface area contributed by atoms with Crippen LogP contribution in [-0.4, -0.2) is 43.1 Å². The smallest absolute Gasteiger partial charge is 0.237 e. The van der Waals surface area contributed by atoms with Crippen LogP contribution in [0, 0.1) is 6.92 Å². The molecule has 1 aliphatic rings. The number of hydrogen-bond donors (Lipinski definition) is 1. The minimum absolute atomic E-state index is 0.114. The van der Waals surface area contributed by atoms with Gasteiger partial charge in [0, 0.05) is 12.6 Å². The zero-order chi connectivity index (χ0) is 14.5. The number of amides is 1. The van der Waals surface area contributed by atoms with Crippen molar-refractivity contribution < 1.29 is 9.53 Å². The van der Waals surface area contributed by atoms with E-state index in [-0.39, 0.29) is 11.9 Å². The summed E-state index contributed by atoms with van der Waals surface area (Å²) in [7, 11) is 1.96. The molecule has 110 valence electrons. The molecule has 1 aliphatic carbocycles. The summed E-state index contributed by atoms with van der Waals surface area (Å²) < 4.78 is 5.71. The highest BCUT2D eigenvalue weighted by Crippen LogP contribution is 2.19. The molecule has 0 spiro atoms. The summed E-state index contributed by atoms with van der Waals surface area (Å²) in [5, 5.41) is 3.03. The van der Waals surface area contributed by atoms with Crippen LogP contribution in [-0.2, 0) is 4.79 Å². The molecule has 0 heterocycles. The van der Waals surface area contributed by atoms with Gasteiger partial charge >= 0.3 is 0 Å². The van der Waals surface area contributed by atoms with Gasteiger partial charge in [0.1, 0.15) is 12.4 Å². The van der Waals surface area contributed by atoms with Gasteiger partial charge in [0.05, 0.1) is 6.04 Å². The number of aryl methyl sites for hydroxylation is 1. The van der Waals surface area contributed by atoms with Crippen molar-refractivity contribution in [3.8, 4) is 5.75 Å². The molecule has 0 aromatic heterocycles. The Labute approximate surface area is 121 Å². The molecule has 1 amide bonds. The first kappa shape index (κ1) is 14.9. The summed E-state index contributed by atoms with van der Waals surface area (Å²) in [6, 6.07) is 8.31. The normalized spacial score (nSPS) is 16.0. The maximum atomic E-state index is 11.9. The molecule has 20 heavy (non-hydrogen) atoms. The molecule has 1 fully saturated rings. The molecule has 1 saturated carbocycles. The summed E-state index contributed by atoms with van der Waals surface area (Å²) in [6.07, 6.45) is 2.25. The maximum Gasteiger partial charge on any atom is 0.237 e. The Hall–Kier alpha value is -1.55. The number of likely N-dealkylation sites (N-methyl/N-ethyl adjacent to an activating group) is 1. The van der Waals surface area contributed by atoms with Crippen molar-refractivity contribution >= 4 is 5.91 Å². The number of hydrogen-bond acceptors (Lipinski definition) is 3. The number of carbonyl (C=O) groups excluding carboxylic acids is 1. The summed E-state index contributed by atoms with van der Waals surface area (Å²) in [5.74, 6) is 0.999. The van der Waals surface area contributed by atoms with E-state index in [9.17, 15) is 4.79 Å². The standard InChI is InChI=1S/C16H24N2O2/c1-12-5-4-6-15(11-12)20-10-9-18(3)13(2)16(19)17-14-7-8-14/h4-6,11,13-14H,7-10H2,1-3H3,(H,17,19). The third-order valence-electron chi connectivity index (χ3n) is 3.67. The highest BCUT2D eigenvalue weighted by Gasteiger charge is 2.26. The van der Waals surface area contributed by atoms with E-state index in [2.05, 4.69) is 5.32 Å². The Morgan fingerprint density at radius 2 is 2.25 bits per heavy atom. The monoisotopic (exact) mass is 276 g/mol. The van der Waals surface area contributed by atoms with Gasteiger partial charge < -0.3 is 10.1 Å². The number of nitrogens with one attached hydrogen (secondary N) is 1. The Morgan fingerprint density at radius 3 is 2.90 bits per heavy atom. The summed E-state index contributed by atoms with van der Waals surface area (Å²) in [6.45, 7) is 5.29. The van der Waals surface area contributed by atoms with Gasteiger partial charge in [-0.2, -0.15) is 0 Å². The van der Waals surface area contributed by atoms with Gasteiger partial charge in [0.15, 0.2) is 0 Å². The molecule has 0 aliphatic heterocycles. The Morgan fingerprint density at radius 1 is 1.50 bits per heavy atom. The zero-order valence-corrected chi connectivity index (χ0v) is 12.6. The summed E-state index contributed by atoms with van der Waals surface area (Å²) in [5.41, 5.74) is 1.19. The van der Waals surface area contributed by atoms with E-state index in [1.165, 1.54) is 5.56 Å². The minimum Gasteiger partial charge on any atom is -0.492 e. The Bertz CT molecular complexity index is 458. The molecule has 1 N–H and O–H groups in total. The Kier molecular flexibility index (Phi) is 5.01. The second kappa shape index (κ2) is 6.75. The van der Waals surface area contributed by atoms with Crippen LogP contribution in [0.3, 0.4) is 0 Å². The number of ether oxygens (including phenoxy) is 1. The van der Waals surface area contributed by atoms with Crippen molar-refractivity contribution in [1.82, 2.24) is 10.2 Å². The third-order valence-corrected chi connectivity index (χ3v) is 3.67. The lowest BCUT2D eigenvalue weighted by molar-refractivity contribution is -0.125. The van der Waals surface area contributed by atoms with E-state index < -0.39 is 0 Å². The van der Waals surface area contributed by atoms with E-state index in [4.69, 9.17) is 4.74 Å². The number of nitrogens with zero attached hydrogens (tertiary/aromatic N) is 1. The topological polar surface area (TPSA) is 41.6 Å². The molecule has 1 atom stereocenters. The van der Waals surface area contributed by atoms with Crippen LogP contribution < -0.4 is 10.1 Å². The molecular weight excluding hydrogens is 252 g/mol. The van der Waals surface area contributed by atoms with Crippen LogP contribution in [0.4, 0.5) is 0 Å². The van der Waals surface area contributed by atoms with Crippen LogP contribution in [0.25, 0.3) is 0 Å². The molecule has 1 unspecified atom stereocenters. The van der Waals surface area contributed by atoms with Crippen molar-refractivity contribution in [3.63, 3.8) is 0 Å². The van der Waals surface area contributed by atoms with Gasteiger partial charge in [-0.15, -0.1) is 0 Å². The SMILES string of the molecule is Cc1cccc(OCCN(C)C(C)C(=O)NC2CC2)c1. The number of benzene rings is 1. The first-order chi connectivity index (χ1) is 9.56. The molecule has 0 radical (unpaired) electrons. The summed E-state index contributed by atoms with van der Waals surface area (Å²) >= 11 is 0. The lowest BCUT2D eigenvalue weighted by Crippen LogP contribution is -2.45. The lowest BCUT2D eigenvalue weighted by Gasteiger charge is -2.23. The predicted molar refractivity (Wildman–Crippen MR) is 79.9 cm³/mol. The molecule has 1 aromatic carbocycles. The average molecular weight is 276 g/mol. The third kappa shape index (κ3) is 4.53. The van der Waals surface area contributed by atoms with E-state index in [1.54, 1.807) is 0 Å². The zero-order valence-electron chi connectivity index (χ0n) is 12.6. The van der Waals surface area contributed by atoms with Gasteiger partial charge in [-0.25, -0.2) is 0 Å². The van der Waals surface area contributed by atoms with E-state index in [0.717, 1.165) is 25.1 Å².